The van der Waals surface area contributed by atoms with Crippen LogP contribution in [0.2, 0.25) is 5.02 Å². The molecule has 4 rings (SSSR count). The molecule has 0 bridgehead atoms. The van der Waals surface area contributed by atoms with Crippen LogP contribution in [-0.2, 0) is 21.4 Å². The van der Waals surface area contributed by atoms with Crippen LogP contribution in [0.1, 0.15) is 43.2 Å². The van der Waals surface area contributed by atoms with Crippen LogP contribution >= 0.6 is 11.6 Å². The number of rotatable bonds is 11. The van der Waals surface area contributed by atoms with Crippen molar-refractivity contribution in [1.82, 2.24) is 14.5 Å². The molecule has 2 aliphatic rings. The number of halogens is 1. The van der Waals surface area contributed by atoms with Gasteiger partial charge < -0.3 is 10.2 Å². The molecule has 1 amide bonds. The molecule has 182 valence electrons. The van der Waals surface area contributed by atoms with E-state index < -0.39 is 10.0 Å². The number of hydrogen-bond acceptors (Lipinski definition) is 5. The molecule has 2 aromatic rings. The van der Waals surface area contributed by atoms with Crippen molar-refractivity contribution in [2.75, 3.05) is 26.7 Å². The summed E-state index contributed by atoms with van der Waals surface area (Å²) in [4.78, 5) is 18.9. The van der Waals surface area contributed by atoms with Crippen molar-refractivity contribution >= 4 is 33.4 Å². The second kappa shape index (κ2) is 10.9. The third kappa shape index (κ3) is 5.98. The van der Waals surface area contributed by atoms with Crippen molar-refractivity contribution in [3.8, 4) is 0 Å². The molecule has 1 fully saturated rings. The minimum absolute atomic E-state index is 0.0352. The fourth-order valence-corrected chi connectivity index (χ4v) is 6.32. The van der Waals surface area contributed by atoms with Gasteiger partial charge in [0.15, 0.2) is 0 Å². The Hall–Kier alpha value is -2.42. The van der Waals surface area contributed by atoms with Gasteiger partial charge in [-0.1, -0.05) is 48.0 Å². The minimum atomic E-state index is -3.64. The second-order valence-corrected chi connectivity index (χ2v) is 11.1. The maximum Gasteiger partial charge on any atom is 0.244 e. The molecule has 0 aromatic heterocycles. The molecule has 0 radical (unpaired) electrons. The largest absolute Gasteiger partial charge is 0.368 e. The van der Waals surface area contributed by atoms with Crippen LogP contribution in [0.4, 0.5) is 0 Å². The summed E-state index contributed by atoms with van der Waals surface area (Å²) in [6.45, 7) is 2.61. The molecule has 9 heteroatoms. The van der Waals surface area contributed by atoms with Crippen molar-refractivity contribution in [3.05, 3.63) is 64.7 Å². The number of unbranched alkanes of at least 4 members (excludes halogenated alkanes) is 1. The Morgan fingerprint density at radius 2 is 1.85 bits per heavy atom. The highest BCUT2D eigenvalue weighted by atomic mass is 35.5. The molecule has 1 N–H and O–H groups in total. The maximum atomic E-state index is 13.1. The summed E-state index contributed by atoms with van der Waals surface area (Å²) in [5, 5.41) is 3.50. The highest BCUT2D eigenvalue weighted by Gasteiger charge is 2.38. The molecule has 0 spiro atoms. The first kappa shape index (κ1) is 24.7. The molecular formula is C25H31ClN4O3S. The lowest BCUT2D eigenvalue weighted by Crippen LogP contribution is -2.34. The molecule has 1 aliphatic carbocycles. The zero-order valence-electron chi connectivity index (χ0n) is 19.4. The van der Waals surface area contributed by atoms with Crippen molar-refractivity contribution < 1.29 is 13.2 Å². The average Bonchev–Trinajstić information content (AvgIpc) is 3.50. The zero-order chi connectivity index (χ0) is 24.1. The Bertz CT molecular complexity index is 1150. The van der Waals surface area contributed by atoms with E-state index in [1.807, 2.05) is 24.3 Å². The molecule has 34 heavy (non-hydrogen) atoms. The number of benzene rings is 2. The van der Waals surface area contributed by atoms with E-state index in [2.05, 4.69) is 10.3 Å². The zero-order valence-corrected chi connectivity index (χ0v) is 21.0. The van der Waals surface area contributed by atoms with E-state index in [9.17, 15) is 13.2 Å². The molecular weight excluding hydrogens is 472 g/mol. The van der Waals surface area contributed by atoms with Crippen LogP contribution in [0, 0.1) is 0 Å². The minimum Gasteiger partial charge on any atom is -0.368 e. The van der Waals surface area contributed by atoms with Crippen molar-refractivity contribution in [1.29, 1.82) is 0 Å². The van der Waals surface area contributed by atoms with Crippen LogP contribution in [0.25, 0.3) is 0 Å². The van der Waals surface area contributed by atoms with E-state index >= 15 is 0 Å². The Morgan fingerprint density at radius 1 is 1.12 bits per heavy atom. The van der Waals surface area contributed by atoms with Crippen LogP contribution in [-0.4, -0.2) is 62.1 Å². The van der Waals surface area contributed by atoms with Gasteiger partial charge in [-0.3, -0.25) is 9.79 Å². The molecule has 2 aromatic carbocycles. The van der Waals surface area contributed by atoms with Gasteiger partial charge in [0, 0.05) is 44.7 Å². The van der Waals surface area contributed by atoms with Gasteiger partial charge in [-0.05, 0) is 43.4 Å². The number of nitrogens with zero attached hydrogens (tertiary/aromatic N) is 3. The molecule has 0 atom stereocenters. The molecule has 1 aliphatic heterocycles. The summed E-state index contributed by atoms with van der Waals surface area (Å²) in [5.41, 5.74) is 2.12. The Morgan fingerprint density at radius 3 is 2.50 bits per heavy atom. The lowest BCUT2D eigenvalue weighted by Gasteiger charge is -2.23. The average molecular weight is 503 g/mol. The first-order valence-electron chi connectivity index (χ1n) is 11.7. The van der Waals surface area contributed by atoms with Gasteiger partial charge >= 0.3 is 0 Å². The highest BCUT2D eigenvalue weighted by molar-refractivity contribution is 7.89. The van der Waals surface area contributed by atoms with E-state index in [-0.39, 0.29) is 21.9 Å². The first-order valence-corrected chi connectivity index (χ1v) is 13.6. The van der Waals surface area contributed by atoms with Crippen molar-refractivity contribution in [2.45, 2.75) is 49.6 Å². The van der Waals surface area contributed by atoms with Crippen molar-refractivity contribution in [3.63, 3.8) is 0 Å². The normalized spacial score (nSPS) is 15.8. The fraction of sp³-hybridized carbons (Fsp3) is 0.440. The molecule has 1 heterocycles. The number of hydrogen-bond donors (Lipinski definition) is 1. The second-order valence-electron chi connectivity index (χ2n) is 8.84. The lowest BCUT2D eigenvalue weighted by atomic mass is 10.1. The van der Waals surface area contributed by atoms with Crippen LogP contribution < -0.4 is 5.32 Å². The quantitative estimate of drug-likeness (QED) is 0.475. The summed E-state index contributed by atoms with van der Waals surface area (Å²) in [6, 6.07) is 14.7. The van der Waals surface area contributed by atoms with Gasteiger partial charge in [-0.25, -0.2) is 8.42 Å². The monoisotopic (exact) mass is 502 g/mol. The summed E-state index contributed by atoms with van der Waals surface area (Å²) < 4.78 is 27.8. The fourth-order valence-electron chi connectivity index (χ4n) is 4.10. The van der Waals surface area contributed by atoms with Gasteiger partial charge in [-0.15, -0.1) is 0 Å². The number of aliphatic imine (C=N–C) groups is 1. The van der Waals surface area contributed by atoms with Gasteiger partial charge in [-0.2, -0.15) is 4.31 Å². The number of amides is 1. The number of amidine groups is 1. The van der Waals surface area contributed by atoms with E-state index in [1.54, 1.807) is 40.5 Å². The predicted molar refractivity (Wildman–Crippen MR) is 135 cm³/mol. The highest BCUT2D eigenvalue weighted by Crippen LogP contribution is 2.34. The summed E-state index contributed by atoms with van der Waals surface area (Å²) >= 11 is 6.16. The molecule has 1 saturated carbocycles. The van der Waals surface area contributed by atoms with Crippen LogP contribution in [0.3, 0.4) is 0 Å². The Balaban J connectivity index is 1.25. The number of carbonyl (C=O) groups excluding carboxylic acids is 1. The first-order chi connectivity index (χ1) is 16.4. The van der Waals surface area contributed by atoms with Crippen LogP contribution in [0.15, 0.2) is 58.4 Å². The third-order valence-electron chi connectivity index (χ3n) is 6.14. The molecule has 7 nitrogen and oxygen atoms in total. The van der Waals surface area contributed by atoms with E-state index in [0.717, 1.165) is 42.9 Å². The number of sulfonamides is 1. The topological polar surface area (TPSA) is 82.1 Å². The summed E-state index contributed by atoms with van der Waals surface area (Å²) in [7, 11) is -1.84. The van der Waals surface area contributed by atoms with Crippen molar-refractivity contribution in [2.24, 2.45) is 4.99 Å². The molecule has 0 saturated heterocycles. The molecule has 0 unspecified atom stereocenters. The van der Waals surface area contributed by atoms with E-state index in [4.69, 9.17) is 11.6 Å². The summed E-state index contributed by atoms with van der Waals surface area (Å²) in [5.74, 6) is 0.977. The van der Waals surface area contributed by atoms with E-state index in [1.165, 1.54) is 0 Å². The van der Waals surface area contributed by atoms with Gasteiger partial charge in [0.2, 0.25) is 15.9 Å². The van der Waals surface area contributed by atoms with Gasteiger partial charge in [0.25, 0.3) is 0 Å². The van der Waals surface area contributed by atoms with Gasteiger partial charge in [0.05, 0.1) is 11.6 Å². The predicted octanol–water partition coefficient (Wildman–Crippen LogP) is 3.67. The Labute approximate surface area is 206 Å². The van der Waals surface area contributed by atoms with E-state index in [0.29, 0.717) is 32.4 Å². The van der Waals surface area contributed by atoms with Gasteiger partial charge in [0.1, 0.15) is 10.7 Å². The van der Waals surface area contributed by atoms with Crippen LogP contribution in [0.5, 0.6) is 0 Å². The smallest absolute Gasteiger partial charge is 0.244 e. The SMILES string of the molecule is CN(Cc1ccc(C2=NCCN2)cc1)C(=O)CCCCN(C1CC1)S(=O)(=O)c1ccccc1Cl. The standard InChI is InChI=1S/C25H31ClN4O3S/c1-29(18-19-9-11-20(12-10-19)25-27-15-16-28-25)24(31)8-4-5-17-30(21-13-14-21)34(32,33)23-7-3-2-6-22(23)26/h2-3,6-7,9-12,21H,4-5,8,13-18H2,1H3,(H,27,28). The Kier molecular flexibility index (Phi) is 7.91. The number of carbonyl (C=O) groups is 1. The third-order valence-corrected chi connectivity index (χ3v) is 8.60. The maximum absolute atomic E-state index is 13.1. The number of nitrogens with one attached hydrogen (secondary N) is 1. The summed E-state index contributed by atoms with van der Waals surface area (Å²) in [6.07, 6.45) is 3.39. The lowest BCUT2D eigenvalue weighted by molar-refractivity contribution is -0.130.